The molecular weight excluding hydrogens is 372 g/mol. The number of carbonyl (C=O) groups excluding carboxylic acids is 1. The van der Waals surface area contributed by atoms with Gasteiger partial charge in [-0.15, -0.1) is 0 Å². The van der Waals surface area contributed by atoms with Crippen LogP contribution < -0.4 is 9.62 Å². The average Bonchev–Trinajstić information content (AvgIpc) is 3.12. The van der Waals surface area contributed by atoms with E-state index in [1.165, 1.54) is 44.6 Å². The molecule has 4 rings (SSSR count). The van der Waals surface area contributed by atoms with Crippen molar-refractivity contribution in [1.29, 1.82) is 0 Å². The Morgan fingerprint density at radius 2 is 1.86 bits per heavy atom. The van der Waals surface area contributed by atoms with Gasteiger partial charge in [-0.3, -0.25) is 9.52 Å². The van der Waals surface area contributed by atoms with E-state index >= 15 is 0 Å². The van der Waals surface area contributed by atoms with Gasteiger partial charge in [-0.05, 0) is 66.6 Å². The first-order chi connectivity index (χ1) is 13.4. The molecule has 0 atom stereocenters. The summed E-state index contributed by atoms with van der Waals surface area (Å²) in [4.78, 5) is 13.6. The zero-order chi connectivity index (χ0) is 19.7. The SMILES string of the molecule is CC(=O)N1CCc2cc(S(=O)(=O)Nc3cccc(C4CCCCC4)c3)ccc21. The van der Waals surface area contributed by atoms with Crippen LogP contribution in [0.1, 0.15) is 56.1 Å². The molecule has 1 N–H and O–H groups in total. The van der Waals surface area contributed by atoms with Gasteiger partial charge in [0.1, 0.15) is 0 Å². The molecule has 1 aliphatic heterocycles. The molecule has 148 valence electrons. The van der Waals surface area contributed by atoms with E-state index in [4.69, 9.17) is 0 Å². The lowest BCUT2D eigenvalue weighted by Gasteiger charge is -2.22. The molecule has 5 nitrogen and oxygen atoms in total. The van der Waals surface area contributed by atoms with Crippen LogP contribution in [-0.4, -0.2) is 20.9 Å². The van der Waals surface area contributed by atoms with Gasteiger partial charge in [0.25, 0.3) is 10.0 Å². The van der Waals surface area contributed by atoms with Crippen molar-refractivity contribution in [3.63, 3.8) is 0 Å². The van der Waals surface area contributed by atoms with Gasteiger partial charge in [-0.1, -0.05) is 31.4 Å². The summed E-state index contributed by atoms with van der Waals surface area (Å²) in [6.45, 7) is 2.13. The molecule has 1 fully saturated rings. The minimum Gasteiger partial charge on any atom is -0.312 e. The molecule has 28 heavy (non-hydrogen) atoms. The Morgan fingerprint density at radius 1 is 1.07 bits per heavy atom. The van der Waals surface area contributed by atoms with Crippen molar-refractivity contribution in [3.8, 4) is 0 Å². The molecule has 0 saturated heterocycles. The molecule has 1 heterocycles. The van der Waals surface area contributed by atoms with Crippen molar-refractivity contribution in [2.45, 2.75) is 56.3 Å². The molecular formula is C22H26N2O3S. The third-order valence-corrected chi connectivity index (χ3v) is 7.23. The smallest absolute Gasteiger partial charge is 0.261 e. The summed E-state index contributed by atoms with van der Waals surface area (Å²) in [6.07, 6.45) is 6.80. The Balaban J connectivity index is 1.56. The van der Waals surface area contributed by atoms with Crippen molar-refractivity contribution >= 4 is 27.3 Å². The second-order valence-corrected chi connectivity index (χ2v) is 9.46. The second-order valence-electron chi connectivity index (χ2n) is 7.78. The number of fused-ring (bicyclic) bond motifs is 1. The van der Waals surface area contributed by atoms with Crippen LogP contribution in [0.5, 0.6) is 0 Å². The van der Waals surface area contributed by atoms with Gasteiger partial charge >= 0.3 is 0 Å². The fraction of sp³-hybridized carbons (Fsp3) is 0.409. The molecule has 1 saturated carbocycles. The first-order valence-electron chi connectivity index (χ1n) is 9.98. The molecule has 2 aromatic carbocycles. The van der Waals surface area contributed by atoms with E-state index in [-0.39, 0.29) is 10.8 Å². The van der Waals surface area contributed by atoms with E-state index in [1.54, 1.807) is 29.2 Å². The van der Waals surface area contributed by atoms with E-state index in [2.05, 4.69) is 10.8 Å². The Morgan fingerprint density at radius 3 is 2.61 bits per heavy atom. The van der Waals surface area contributed by atoms with Gasteiger partial charge in [0.05, 0.1) is 4.90 Å². The fourth-order valence-corrected chi connectivity index (χ4v) is 5.48. The second kappa shape index (κ2) is 7.59. The van der Waals surface area contributed by atoms with Crippen LogP contribution in [0.3, 0.4) is 0 Å². The molecule has 2 aliphatic rings. The highest BCUT2D eigenvalue weighted by molar-refractivity contribution is 7.92. The number of nitrogens with one attached hydrogen (secondary N) is 1. The molecule has 2 aromatic rings. The van der Waals surface area contributed by atoms with Crippen molar-refractivity contribution < 1.29 is 13.2 Å². The highest BCUT2D eigenvalue weighted by atomic mass is 32.2. The first kappa shape index (κ1) is 19.0. The zero-order valence-electron chi connectivity index (χ0n) is 16.1. The van der Waals surface area contributed by atoms with E-state index in [1.807, 2.05) is 12.1 Å². The van der Waals surface area contributed by atoms with E-state index < -0.39 is 10.0 Å². The first-order valence-corrected chi connectivity index (χ1v) is 11.5. The predicted octanol–water partition coefficient (Wildman–Crippen LogP) is 4.44. The van der Waals surface area contributed by atoms with E-state index in [9.17, 15) is 13.2 Å². The highest BCUT2D eigenvalue weighted by Crippen LogP contribution is 2.34. The number of carbonyl (C=O) groups is 1. The Hall–Kier alpha value is -2.34. The predicted molar refractivity (Wildman–Crippen MR) is 111 cm³/mol. The summed E-state index contributed by atoms with van der Waals surface area (Å²) in [5.41, 5.74) is 3.53. The highest BCUT2D eigenvalue weighted by Gasteiger charge is 2.25. The molecule has 0 aromatic heterocycles. The van der Waals surface area contributed by atoms with Crippen molar-refractivity contribution in [3.05, 3.63) is 53.6 Å². The van der Waals surface area contributed by atoms with Crippen LogP contribution in [-0.2, 0) is 21.2 Å². The maximum atomic E-state index is 12.9. The van der Waals surface area contributed by atoms with Gasteiger partial charge in [-0.2, -0.15) is 0 Å². The Kier molecular flexibility index (Phi) is 5.15. The van der Waals surface area contributed by atoms with Crippen molar-refractivity contribution in [2.75, 3.05) is 16.2 Å². The summed E-state index contributed by atoms with van der Waals surface area (Å²) in [7, 11) is -3.67. The van der Waals surface area contributed by atoms with Crippen LogP contribution >= 0.6 is 0 Å². The van der Waals surface area contributed by atoms with Crippen LogP contribution in [0.15, 0.2) is 47.4 Å². The third kappa shape index (κ3) is 3.78. The molecule has 0 radical (unpaired) electrons. The van der Waals surface area contributed by atoms with Gasteiger partial charge in [-0.25, -0.2) is 8.42 Å². The topological polar surface area (TPSA) is 66.5 Å². The maximum absolute atomic E-state index is 12.9. The number of rotatable bonds is 4. The molecule has 0 bridgehead atoms. The number of sulfonamides is 1. The van der Waals surface area contributed by atoms with Gasteiger partial charge in [0.2, 0.25) is 5.91 Å². The number of hydrogen-bond donors (Lipinski definition) is 1. The van der Waals surface area contributed by atoms with Crippen molar-refractivity contribution in [1.82, 2.24) is 0 Å². The molecule has 6 heteroatoms. The zero-order valence-corrected chi connectivity index (χ0v) is 17.0. The monoisotopic (exact) mass is 398 g/mol. The number of benzene rings is 2. The molecule has 1 amide bonds. The Labute approximate surface area is 166 Å². The summed E-state index contributed by atoms with van der Waals surface area (Å²) < 4.78 is 28.6. The minimum atomic E-state index is -3.67. The van der Waals surface area contributed by atoms with E-state index in [0.717, 1.165) is 11.3 Å². The standard InChI is InChI=1S/C22H26N2O3S/c1-16(25)24-13-12-19-15-21(10-11-22(19)24)28(26,27)23-20-9-5-8-18(14-20)17-6-3-2-4-7-17/h5,8-11,14-15,17,23H,2-4,6-7,12-13H2,1H3. The summed E-state index contributed by atoms with van der Waals surface area (Å²) in [5.74, 6) is 0.503. The lowest BCUT2D eigenvalue weighted by atomic mass is 9.84. The van der Waals surface area contributed by atoms with E-state index in [0.29, 0.717) is 24.6 Å². The number of amides is 1. The number of hydrogen-bond acceptors (Lipinski definition) is 3. The van der Waals surface area contributed by atoms with Crippen LogP contribution in [0.2, 0.25) is 0 Å². The average molecular weight is 399 g/mol. The number of nitrogens with zero attached hydrogens (tertiary/aromatic N) is 1. The van der Waals surface area contributed by atoms with Crippen LogP contribution in [0.4, 0.5) is 11.4 Å². The normalized spacial score (nSPS) is 17.4. The van der Waals surface area contributed by atoms with Crippen LogP contribution in [0, 0.1) is 0 Å². The summed E-state index contributed by atoms with van der Waals surface area (Å²) in [5, 5.41) is 0. The molecule has 0 spiro atoms. The number of anilines is 2. The third-order valence-electron chi connectivity index (χ3n) is 5.85. The largest absolute Gasteiger partial charge is 0.312 e. The minimum absolute atomic E-state index is 0.0213. The summed E-state index contributed by atoms with van der Waals surface area (Å²) in [6, 6.07) is 12.8. The summed E-state index contributed by atoms with van der Waals surface area (Å²) >= 11 is 0. The van der Waals surface area contributed by atoms with Crippen LogP contribution in [0.25, 0.3) is 0 Å². The molecule has 0 unspecified atom stereocenters. The molecule has 1 aliphatic carbocycles. The Bertz CT molecular complexity index is 995. The lowest BCUT2D eigenvalue weighted by molar-refractivity contribution is -0.116. The van der Waals surface area contributed by atoms with Crippen molar-refractivity contribution in [2.24, 2.45) is 0 Å². The fourth-order valence-electron chi connectivity index (χ4n) is 4.38. The quantitative estimate of drug-likeness (QED) is 0.828. The van der Waals surface area contributed by atoms with Gasteiger partial charge in [0, 0.05) is 24.8 Å². The van der Waals surface area contributed by atoms with Gasteiger partial charge in [0.15, 0.2) is 0 Å². The lowest BCUT2D eigenvalue weighted by Crippen LogP contribution is -2.25. The van der Waals surface area contributed by atoms with Gasteiger partial charge < -0.3 is 4.90 Å². The maximum Gasteiger partial charge on any atom is 0.261 e.